The average Bonchev–Trinajstić information content (AvgIpc) is 2.56. The van der Waals surface area contributed by atoms with Gasteiger partial charge in [-0.15, -0.1) is 10.2 Å². The molecular formula is C14H14Cl2N4O3S. The van der Waals surface area contributed by atoms with Crippen molar-refractivity contribution in [2.24, 2.45) is 5.10 Å². The van der Waals surface area contributed by atoms with Crippen LogP contribution < -0.4 is 15.0 Å². The molecule has 128 valence electrons. The van der Waals surface area contributed by atoms with Gasteiger partial charge in [-0.2, -0.15) is 9.78 Å². The van der Waals surface area contributed by atoms with Crippen molar-refractivity contribution in [3.05, 3.63) is 37.7 Å². The van der Waals surface area contributed by atoms with Gasteiger partial charge in [0.25, 0.3) is 5.56 Å². The first kappa shape index (κ1) is 18.6. The van der Waals surface area contributed by atoms with E-state index >= 15 is 0 Å². The van der Waals surface area contributed by atoms with Gasteiger partial charge in [0.15, 0.2) is 5.75 Å². The number of aromatic nitrogens is 3. The predicted molar refractivity (Wildman–Crippen MR) is 95.4 cm³/mol. The molecule has 1 aromatic carbocycles. The number of hydrogen-bond acceptors (Lipinski definition) is 7. The summed E-state index contributed by atoms with van der Waals surface area (Å²) in [7, 11) is 2.92. The Labute approximate surface area is 152 Å². The third kappa shape index (κ3) is 3.50. The second-order valence-corrected chi connectivity index (χ2v) is 6.02. The van der Waals surface area contributed by atoms with Gasteiger partial charge in [-0.3, -0.25) is 4.79 Å². The van der Waals surface area contributed by atoms with Gasteiger partial charge in [0.2, 0.25) is 5.16 Å². The van der Waals surface area contributed by atoms with Crippen molar-refractivity contribution in [1.29, 1.82) is 0 Å². The summed E-state index contributed by atoms with van der Waals surface area (Å²) in [5.41, 5.74) is 0.361. The minimum absolute atomic E-state index is 0.218. The van der Waals surface area contributed by atoms with Crippen LogP contribution in [0, 0.1) is 6.92 Å². The smallest absolute Gasteiger partial charge is 0.296 e. The van der Waals surface area contributed by atoms with Crippen LogP contribution in [0.5, 0.6) is 11.5 Å². The molecule has 1 heterocycles. The first-order chi connectivity index (χ1) is 11.4. The van der Waals surface area contributed by atoms with Gasteiger partial charge >= 0.3 is 0 Å². The lowest BCUT2D eigenvalue weighted by Crippen LogP contribution is -2.23. The SMILES string of the molecule is COc1c(Cl)cc(/C=N\n2c(SC)nnc(C)c2=O)c(OC)c1Cl. The molecule has 1 aromatic heterocycles. The van der Waals surface area contributed by atoms with Crippen LogP contribution in [0.1, 0.15) is 11.3 Å². The molecule has 7 nitrogen and oxygen atoms in total. The van der Waals surface area contributed by atoms with Gasteiger partial charge in [-0.1, -0.05) is 35.0 Å². The fraction of sp³-hybridized carbons (Fsp3) is 0.286. The van der Waals surface area contributed by atoms with Crippen molar-refractivity contribution in [3.8, 4) is 11.5 Å². The molecule has 24 heavy (non-hydrogen) atoms. The van der Waals surface area contributed by atoms with Crippen LogP contribution in [0.3, 0.4) is 0 Å². The number of thioether (sulfide) groups is 1. The Morgan fingerprint density at radius 2 is 1.92 bits per heavy atom. The Kier molecular flexibility index (Phi) is 6.09. The van der Waals surface area contributed by atoms with Crippen LogP contribution in [-0.4, -0.2) is 41.6 Å². The van der Waals surface area contributed by atoms with Crippen LogP contribution in [0.4, 0.5) is 0 Å². The Balaban J connectivity index is 2.59. The number of benzene rings is 1. The highest BCUT2D eigenvalue weighted by atomic mass is 35.5. The van der Waals surface area contributed by atoms with Crippen molar-refractivity contribution < 1.29 is 9.47 Å². The average molecular weight is 389 g/mol. The van der Waals surface area contributed by atoms with Crippen molar-refractivity contribution in [1.82, 2.24) is 14.9 Å². The van der Waals surface area contributed by atoms with E-state index in [1.165, 1.54) is 32.2 Å². The largest absolute Gasteiger partial charge is 0.494 e. The highest BCUT2D eigenvalue weighted by molar-refractivity contribution is 7.98. The van der Waals surface area contributed by atoms with E-state index in [0.717, 1.165) is 4.68 Å². The van der Waals surface area contributed by atoms with E-state index in [4.69, 9.17) is 32.7 Å². The van der Waals surface area contributed by atoms with Crippen LogP contribution in [0.2, 0.25) is 10.0 Å². The zero-order chi connectivity index (χ0) is 17.9. The number of rotatable bonds is 5. The molecule has 0 aliphatic carbocycles. The van der Waals surface area contributed by atoms with Gasteiger partial charge < -0.3 is 9.47 Å². The molecule has 0 bridgehead atoms. The summed E-state index contributed by atoms with van der Waals surface area (Å²) in [6, 6.07) is 1.58. The zero-order valence-electron chi connectivity index (χ0n) is 13.3. The molecule has 0 radical (unpaired) electrons. The van der Waals surface area contributed by atoms with Gasteiger partial charge in [0.05, 0.1) is 25.5 Å². The minimum atomic E-state index is -0.365. The number of aryl methyl sites for hydroxylation is 1. The van der Waals surface area contributed by atoms with Gasteiger partial charge in [-0.25, -0.2) is 0 Å². The highest BCUT2D eigenvalue weighted by Gasteiger charge is 2.17. The lowest BCUT2D eigenvalue weighted by atomic mass is 10.2. The first-order valence-corrected chi connectivity index (χ1v) is 8.57. The van der Waals surface area contributed by atoms with Crippen LogP contribution in [0.25, 0.3) is 0 Å². The fourth-order valence-corrected chi connectivity index (χ4v) is 3.01. The summed E-state index contributed by atoms with van der Waals surface area (Å²) in [5, 5.41) is 12.8. The lowest BCUT2D eigenvalue weighted by molar-refractivity contribution is 0.394. The number of nitrogens with zero attached hydrogens (tertiary/aromatic N) is 4. The lowest BCUT2D eigenvalue weighted by Gasteiger charge is -2.12. The third-order valence-electron chi connectivity index (χ3n) is 3.03. The molecule has 0 spiro atoms. The summed E-state index contributed by atoms with van der Waals surface area (Å²) in [5.74, 6) is 0.634. The van der Waals surface area contributed by atoms with Crippen LogP contribution >= 0.6 is 35.0 Å². The normalized spacial score (nSPS) is 11.1. The number of methoxy groups -OCH3 is 2. The van der Waals surface area contributed by atoms with Crippen LogP contribution in [0.15, 0.2) is 21.1 Å². The van der Waals surface area contributed by atoms with Crippen LogP contribution in [-0.2, 0) is 0 Å². The Hall–Kier alpha value is -1.77. The minimum Gasteiger partial charge on any atom is -0.494 e. The van der Waals surface area contributed by atoms with E-state index in [-0.39, 0.29) is 16.3 Å². The van der Waals surface area contributed by atoms with E-state index in [1.54, 1.807) is 19.2 Å². The zero-order valence-corrected chi connectivity index (χ0v) is 15.7. The number of ether oxygens (including phenoxy) is 2. The maximum atomic E-state index is 12.2. The summed E-state index contributed by atoms with van der Waals surface area (Å²) in [4.78, 5) is 12.2. The third-order valence-corrected chi connectivity index (χ3v) is 4.28. The van der Waals surface area contributed by atoms with E-state index in [0.29, 0.717) is 27.2 Å². The molecule has 0 atom stereocenters. The molecule has 2 rings (SSSR count). The summed E-state index contributed by atoms with van der Waals surface area (Å²) >= 11 is 13.6. The molecule has 0 aliphatic heterocycles. The number of hydrogen-bond donors (Lipinski definition) is 0. The van der Waals surface area contributed by atoms with Gasteiger partial charge in [0, 0.05) is 5.56 Å². The maximum absolute atomic E-state index is 12.2. The first-order valence-electron chi connectivity index (χ1n) is 6.59. The van der Waals surface area contributed by atoms with E-state index in [1.807, 2.05) is 0 Å². The van der Waals surface area contributed by atoms with Crippen molar-refractivity contribution in [3.63, 3.8) is 0 Å². The summed E-state index contributed by atoms with van der Waals surface area (Å²) in [6.07, 6.45) is 3.19. The standard InChI is InChI=1S/C14H14Cl2N4O3S/c1-7-13(21)20(14(24-4)19-18-7)17-6-8-5-9(15)12(23-3)10(16)11(8)22-2/h5-6H,1-4H3/b17-6-. The second kappa shape index (κ2) is 7.87. The molecule has 0 amide bonds. The molecule has 0 fully saturated rings. The molecule has 0 saturated heterocycles. The fourth-order valence-electron chi connectivity index (χ4n) is 1.88. The molecular weight excluding hydrogens is 375 g/mol. The summed E-state index contributed by atoms with van der Waals surface area (Å²) < 4.78 is 11.6. The molecule has 10 heteroatoms. The maximum Gasteiger partial charge on any atom is 0.296 e. The molecule has 0 unspecified atom stereocenters. The Morgan fingerprint density at radius 3 is 2.50 bits per heavy atom. The quantitative estimate of drug-likeness (QED) is 0.578. The second-order valence-electron chi connectivity index (χ2n) is 4.46. The van der Waals surface area contributed by atoms with Gasteiger partial charge in [0.1, 0.15) is 16.5 Å². The molecule has 2 aromatic rings. The van der Waals surface area contributed by atoms with Crippen molar-refractivity contribution in [2.75, 3.05) is 20.5 Å². The summed E-state index contributed by atoms with van der Waals surface area (Å²) in [6.45, 7) is 1.56. The van der Waals surface area contributed by atoms with Crippen molar-refractivity contribution in [2.45, 2.75) is 12.1 Å². The van der Waals surface area contributed by atoms with E-state index < -0.39 is 0 Å². The highest BCUT2D eigenvalue weighted by Crippen LogP contribution is 2.41. The van der Waals surface area contributed by atoms with E-state index in [9.17, 15) is 4.79 Å². The van der Waals surface area contributed by atoms with Crippen molar-refractivity contribution >= 4 is 41.2 Å². The predicted octanol–water partition coefficient (Wildman–Crippen LogP) is 2.87. The monoisotopic (exact) mass is 388 g/mol. The topological polar surface area (TPSA) is 78.6 Å². The Morgan fingerprint density at radius 1 is 1.25 bits per heavy atom. The number of halogens is 2. The van der Waals surface area contributed by atoms with Gasteiger partial charge in [-0.05, 0) is 19.2 Å². The Bertz CT molecular complexity index is 855. The molecule has 0 saturated carbocycles. The molecule has 0 N–H and O–H groups in total. The van der Waals surface area contributed by atoms with E-state index in [2.05, 4.69) is 15.3 Å². The molecule has 0 aliphatic rings.